The van der Waals surface area contributed by atoms with Crippen molar-refractivity contribution in [2.24, 2.45) is 13.0 Å². The second-order valence-electron chi connectivity index (χ2n) is 4.63. The molecule has 5 heteroatoms. The lowest BCUT2D eigenvalue weighted by molar-refractivity contribution is -0.121. The van der Waals surface area contributed by atoms with Crippen molar-refractivity contribution in [3.05, 3.63) is 18.2 Å². The maximum absolute atomic E-state index is 11.9. The zero-order valence-corrected chi connectivity index (χ0v) is 12.5. The van der Waals surface area contributed by atoms with Crippen LogP contribution in [-0.2, 0) is 11.8 Å². The molecule has 0 bridgehead atoms. The zero-order valence-electron chi connectivity index (χ0n) is 11.6. The van der Waals surface area contributed by atoms with Crippen LogP contribution in [0.15, 0.2) is 12.4 Å². The van der Waals surface area contributed by atoms with Crippen LogP contribution in [0.25, 0.3) is 0 Å². The van der Waals surface area contributed by atoms with Gasteiger partial charge in [-0.25, -0.2) is 4.98 Å². The van der Waals surface area contributed by atoms with Gasteiger partial charge in [-0.3, -0.25) is 4.79 Å². The van der Waals surface area contributed by atoms with Gasteiger partial charge in [0.2, 0.25) is 5.91 Å². The topological polar surface area (TPSA) is 46.9 Å². The summed E-state index contributed by atoms with van der Waals surface area (Å²) in [6.07, 6.45) is 4.25. The molecule has 1 aromatic rings. The SMILES string of the molecule is CCSCCC(=O)NC(c1nccn1C)C(C)C. The number of nitrogens with one attached hydrogen (secondary N) is 1. The van der Waals surface area contributed by atoms with Gasteiger partial charge >= 0.3 is 0 Å². The number of thioether (sulfide) groups is 1. The van der Waals surface area contributed by atoms with Crippen molar-refractivity contribution >= 4 is 17.7 Å². The molecule has 0 aromatic carbocycles. The number of carbonyl (C=O) groups is 1. The lowest BCUT2D eigenvalue weighted by atomic mass is 10.0. The number of carbonyl (C=O) groups excluding carboxylic acids is 1. The molecule has 0 aliphatic heterocycles. The molecule has 0 fully saturated rings. The Morgan fingerprint density at radius 1 is 1.56 bits per heavy atom. The third-order valence-electron chi connectivity index (χ3n) is 2.80. The van der Waals surface area contributed by atoms with E-state index in [0.717, 1.165) is 17.3 Å². The largest absolute Gasteiger partial charge is 0.346 e. The minimum Gasteiger partial charge on any atom is -0.346 e. The molecule has 1 atom stereocenters. The molecule has 1 heterocycles. The molecule has 0 radical (unpaired) electrons. The molecule has 0 saturated heterocycles. The molecule has 18 heavy (non-hydrogen) atoms. The summed E-state index contributed by atoms with van der Waals surface area (Å²) in [7, 11) is 1.96. The smallest absolute Gasteiger partial charge is 0.221 e. The number of hydrogen-bond acceptors (Lipinski definition) is 3. The van der Waals surface area contributed by atoms with Crippen LogP contribution in [-0.4, -0.2) is 27.0 Å². The van der Waals surface area contributed by atoms with Gasteiger partial charge in [0.25, 0.3) is 0 Å². The number of nitrogens with zero attached hydrogens (tertiary/aromatic N) is 2. The standard InChI is InChI=1S/C13H23N3OS/c1-5-18-9-6-11(17)15-12(10(2)3)13-14-7-8-16(13)4/h7-8,10,12H,5-6,9H2,1-4H3,(H,15,17). The summed E-state index contributed by atoms with van der Waals surface area (Å²) in [6.45, 7) is 6.30. The Morgan fingerprint density at radius 2 is 2.28 bits per heavy atom. The van der Waals surface area contributed by atoms with Gasteiger partial charge in [0, 0.05) is 31.6 Å². The predicted molar refractivity (Wildman–Crippen MR) is 76.5 cm³/mol. The third-order valence-corrected chi connectivity index (χ3v) is 3.70. The van der Waals surface area contributed by atoms with Gasteiger partial charge < -0.3 is 9.88 Å². The molecular formula is C13H23N3OS. The fraction of sp³-hybridized carbons (Fsp3) is 0.692. The fourth-order valence-electron chi connectivity index (χ4n) is 1.76. The number of imidazole rings is 1. The van der Waals surface area contributed by atoms with Crippen molar-refractivity contribution in [3.8, 4) is 0 Å². The van der Waals surface area contributed by atoms with Crippen LogP contribution >= 0.6 is 11.8 Å². The average Bonchev–Trinajstić information content (AvgIpc) is 2.72. The summed E-state index contributed by atoms with van der Waals surface area (Å²) in [5, 5.41) is 3.08. The predicted octanol–water partition coefficient (Wildman–Crippen LogP) is 2.38. The average molecular weight is 269 g/mol. The molecule has 1 unspecified atom stereocenters. The third kappa shape index (κ3) is 4.37. The van der Waals surface area contributed by atoms with E-state index in [1.807, 2.05) is 17.8 Å². The van der Waals surface area contributed by atoms with Crippen LogP contribution in [0.3, 0.4) is 0 Å². The number of rotatable bonds is 7. The molecule has 0 spiro atoms. The maximum Gasteiger partial charge on any atom is 0.221 e. The first-order chi connectivity index (χ1) is 8.56. The van der Waals surface area contributed by atoms with E-state index in [0.29, 0.717) is 12.3 Å². The normalized spacial score (nSPS) is 12.7. The summed E-state index contributed by atoms with van der Waals surface area (Å²) in [4.78, 5) is 16.2. The van der Waals surface area contributed by atoms with Crippen LogP contribution in [0.1, 0.15) is 39.1 Å². The second kappa shape index (κ2) is 7.46. The first kappa shape index (κ1) is 15.1. The van der Waals surface area contributed by atoms with Crippen molar-refractivity contribution in [1.29, 1.82) is 0 Å². The van der Waals surface area contributed by atoms with Crippen LogP contribution in [0.4, 0.5) is 0 Å². The molecule has 1 aromatic heterocycles. The van der Waals surface area contributed by atoms with Gasteiger partial charge in [-0.2, -0.15) is 11.8 Å². The zero-order chi connectivity index (χ0) is 13.5. The van der Waals surface area contributed by atoms with E-state index in [-0.39, 0.29) is 11.9 Å². The van der Waals surface area contributed by atoms with Crippen molar-refractivity contribution in [2.45, 2.75) is 33.2 Å². The van der Waals surface area contributed by atoms with E-state index in [9.17, 15) is 4.79 Å². The van der Waals surface area contributed by atoms with E-state index >= 15 is 0 Å². The summed E-state index contributed by atoms with van der Waals surface area (Å²) in [6, 6.07) is -0.0101. The minimum absolute atomic E-state index is 0.0101. The van der Waals surface area contributed by atoms with Crippen LogP contribution in [0.5, 0.6) is 0 Å². The van der Waals surface area contributed by atoms with E-state index in [1.165, 1.54) is 0 Å². The Bertz CT molecular complexity index is 376. The number of amides is 1. The number of aromatic nitrogens is 2. The van der Waals surface area contributed by atoms with Crippen LogP contribution in [0, 0.1) is 5.92 Å². The van der Waals surface area contributed by atoms with Gasteiger partial charge in [-0.1, -0.05) is 20.8 Å². The highest BCUT2D eigenvalue weighted by molar-refractivity contribution is 7.99. The van der Waals surface area contributed by atoms with Gasteiger partial charge in [0.1, 0.15) is 5.82 Å². The first-order valence-corrected chi connectivity index (χ1v) is 7.56. The molecule has 1 rings (SSSR count). The van der Waals surface area contributed by atoms with Gasteiger partial charge in [0.05, 0.1) is 6.04 Å². The summed E-state index contributed by atoms with van der Waals surface area (Å²) >= 11 is 1.79. The van der Waals surface area contributed by atoms with Crippen molar-refractivity contribution in [3.63, 3.8) is 0 Å². The Hall–Kier alpha value is -0.970. The summed E-state index contributed by atoms with van der Waals surface area (Å²) < 4.78 is 1.96. The monoisotopic (exact) mass is 269 g/mol. The van der Waals surface area contributed by atoms with Crippen LogP contribution < -0.4 is 5.32 Å². The molecule has 1 N–H and O–H groups in total. The first-order valence-electron chi connectivity index (χ1n) is 6.40. The van der Waals surface area contributed by atoms with E-state index in [2.05, 4.69) is 31.1 Å². The van der Waals surface area contributed by atoms with E-state index in [4.69, 9.17) is 0 Å². The fourth-order valence-corrected chi connectivity index (χ4v) is 2.38. The lowest BCUT2D eigenvalue weighted by Crippen LogP contribution is -2.33. The Balaban J connectivity index is 2.59. The molecule has 4 nitrogen and oxygen atoms in total. The minimum atomic E-state index is -0.0101. The highest BCUT2D eigenvalue weighted by Crippen LogP contribution is 2.19. The van der Waals surface area contributed by atoms with E-state index < -0.39 is 0 Å². The van der Waals surface area contributed by atoms with Crippen molar-refractivity contribution < 1.29 is 4.79 Å². The Kier molecular flexibility index (Phi) is 6.25. The maximum atomic E-state index is 11.9. The lowest BCUT2D eigenvalue weighted by Gasteiger charge is -2.22. The number of aryl methyl sites for hydroxylation is 1. The molecule has 0 aliphatic carbocycles. The highest BCUT2D eigenvalue weighted by Gasteiger charge is 2.21. The summed E-state index contributed by atoms with van der Waals surface area (Å²) in [5.41, 5.74) is 0. The molecule has 1 amide bonds. The van der Waals surface area contributed by atoms with Gasteiger partial charge in [0.15, 0.2) is 0 Å². The van der Waals surface area contributed by atoms with Crippen molar-refractivity contribution in [2.75, 3.05) is 11.5 Å². The van der Waals surface area contributed by atoms with E-state index in [1.54, 1.807) is 18.0 Å². The molecule has 102 valence electrons. The van der Waals surface area contributed by atoms with Gasteiger partial charge in [-0.05, 0) is 11.7 Å². The Morgan fingerprint density at radius 3 is 2.78 bits per heavy atom. The molecule has 0 saturated carbocycles. The second-order valence-corrected chi connectivity index (χ2v) is 6.03. The number of hydrogen-bond donors (Lipinski definition) is 1. The van der Waals surface area contributed by atoms with Gasteiger partial charge in [-0.15, -0.1) is 0 Å². The summed E-state index contributed by atoms with van der Waals surface area (Å²) in [5.74, 6) is 3.29. The van der Waals surface area contributed by atoms with Crippen molar-refractivity contribution in [1.82, 2.24) is 14.9 Å². The highest BCUT2D eigenvalue weighted by atomic mass is 32.2. The molecule has 0 aliphatic rings. The quantitative estimate of drug-likeness (QED) is 0.773. The molecular weight excluding hydrogens is 246 g/mol. The Labute approximate surface area is 114 Å². The van der Waals surface area contributed by atoms with Crippen LogP contribution in [0.2, 0.25) is 0 Å².